The van der Waals surface area contributed by atoms with Crippen molar-refractivity contribution in [1.29, 1.82) is 5.26 Å². The van der Waals surface area contributed by atoms with Crippen molar-refractivity contribution in [2.75, 3.05) is 12.0 Å². The number of carbonyl (C=O) groups is 2. The Bertz CT molecular complexity index is 662. The third-order valence-electron chi connectivity index (χ3n) is 2.31. The summed E-state index contributed by atoms with van der Waals surface area (Å²) >= 11 is 11.5. The molecule has 4 N–H and O–H groups in total. The lowest BCUT2D eigenvalue weighted by Crippen LogP contribution is -2.32. The monoisotopic (exact) mass is 358 g/mol. The number of anilines is 1. The van der Waals surface area contributed by atoms with Crippen molar-refractivity contribution >= 4 is 40.9 Å². The number of nitrogens with zero attached hydrogens (tertiary/aromatic N) is 1. The van der Waals surface area contributed by atoms with Crippen LogP contribution in [0.1, 0.15) is 6.92 Å². The smallest absolute Gasteiger partial charge is 0.414 e. The first-order valence-corrected chi connectivity index (χ1v) is 6.92. The summed E-state index contributed by atoms with van der Waals surface area (Å²) in [6.45, 7) is 1.66. The highest BCUT2D eigenvalue weighted by Gasteiger charge is 2.13. The summed E-state index contributed by atoms with van der Waals surface area (Å²) in [5.41, 5.74) is 5.06. The number of ether oxygens (including phenoxy) is 1. The van der Waals surface area contributed by atoms with Crippen LogP contribution in [-0.4, -0.2) is 23.7 Å². The van der Waals surface area contributed by atoms with Crippen LogP contribution in [0.5, 0.6) is 5.75 Å². The highest BCUT2D eigenvalue weighted by molar-refractivity contribution is 6.37. The van der Waals surface area contributed by atoms with Crippen LogP contribution in [0.2, 0.25) is 10.0 Å². The molecule has 0 bridgehead atoms. The molecule has 0 radical (unpaired) electrons. The summed E-state index contributed by atoms with van der Waals surface area (Å²) < 4.78 is 4.52. The third kappa shape index (κ3) is 5.58. The van der Waals surface area contributed by atoms with Crippen LogP contribution in [0.15, 0.2) is 23.9 Å². The molecule has 1 rings (SSSR count). The third-order valence-corrected chi connectivity index (χ3v) is 2.88. The Morgan fingerprint density at radius 3 is 2.52 bits per heavy atom. The van der Waals surface area contributed by atoms with Crippen molar-refractivity contribution in [2.24, 2.45) is 0 Å². The number of amides is 2. The molecule has 1 aromatic rings. The molecule has 0 aliphatic carbocycles. The van der Waals surface area contributed by atoms with Gasteiger partial charge in [0.1, 0.15) is 11.6 Å². The minimum Gasteiger partial charge on any atom is -0.505 e. The zero-order chi connectivity index (χ0) is 17.4. The minimum atomic E-state index is -0.955. The van der Waals surface area contributed by atoms with Crippen LogP contribution in [0.3, 0.4) is 0 Å². The zero-order valence-corrected chi connectivity index (χ0v) is 13.3. The van der Waals surface area contributed by atoms with Crippen LogP contribution in [0.4, 0.5) is 10.5 Å². The fourth-order valence-electron chi connectivity index (χ4n) is 1.31. The summed E-state index contributed by atoms with van der Waals surface area (Å²) in [4.78, 5) is 22.7. The van der Waals surface area contributed by atoms with E-state index in [1.54, 1.807) is 13.0 Å². The number of phenolic OH excluding ortho intramolecular Hbond substituents is 1. The fraction of sp³-hybridized carbons (Fsp3) is 0.154. The van der Waals surface area contributed by atoms with E-state index in [9.17, 15) is 14.7 Å². The van der Waals surface area contributed by atoms with E-state index < -0.39 is 12.0 Å². The first kappa shape index (κ1) is 18.4. The Labute approximate surface area is 141 Å². The molecule has 0 atom stereocenters. The maximum Gasteiger partial charge on any atom is 0.414 e. The van der Waals surface area contributed by atoms with Gasteiger partial charge in [0.05, 0.1) is 22.3 Å². The van der Waals surface area contributed by atoms with Gasteiger partial charge in [-0.1, -0.05) is 23.2 Å². The summed E-state index contributed by atoms with van der Waals surface area (Å²) in [6, 6.07) is 4.35. The van der Waals surface area contributed by atoms with Crippen molar-refractivity contribution < 1.29 is 19.4 Å². The van der Waals surface area contributed by atoms with Gasteiger partial charge in [-0.05, 0) is 19.1 Å². The number of alkyl carbamates (subject to hydrolysis) is 1. The van der Waals surface area contributed by atoms with Gasteiger partial charge in [-0.25, -0.2) is 4.79 Å². The van der Waals surface area contributed by atoms with Crippen LogP contribution in [-0.2, 0) is 9.53 Å². The lowest BCUT2D eigenvalue weighted by molar-refractivity contribution is -0.116. The lowest BCUT2D eigenvalue weighted by Gasteiger charge is -2.09. The van der Waals surface area contributed by atoms with Gasteiger partial charge in [0.25, 0.3) is 5.91 Å². The molecule has 2 amide bonds. The van der Waals surface area contributed by atoms with E-state index in [0.717, 1.165) is 6.20 Å². The highest BCUT2D eigenvalue weighted by Crippen LogP contribution is 2.34. The molecule has 0 aliphatic heterocycles. The number of aromatic hydroxyl groups is 1. The molecule has 1 aromatic carbocycles. The quantitative estimate of drug-likeness (QED) is 0.275. The van der Waals surface area contributed by atoms with Crippen molar-refractivity contribution in [3.05, 3.63) is 34.0 Å². The van der Waals surface area contributed by atoms with Crippen molar-refractivity contribution in [1.82, 2.24) is 10.7 Å². The molecular formula is C13H12Cl2N4O4. The number of nitriles is 1. The minimum absolute atomic E-state index is 0.0198. The number of nitrogens with one attached hydrogen (secondary N) is 3. The number of benzene rings is 1. The Morgan fingerprint density at radius 2 is 2.00 bits per heavy atom. The average Bonchev–Trinajstić information content (AvgIpc) is 2.49. The molecule has 8 nitrogen and oxygen atoms in total. The molecule has 0 saturated carbocycles. The first-order chi connectivity index (χ1) is 10.9. The summed E-state index contributed by atoms with van der Waals surface area (Å²) in [5.74, 6) is -1.19. The zero-order valence-electron chi connectivity index (χ0n) is 11.8. The van der Waals surface area contributed by atoms with E-state index in [1.165, 1.54) is 12.1 Å². The van der Waals surface area contributed by atoms with Crippen molar-refractivity contribution in [3.8, 4) is 11.8 Å². The number of halogens is 2. The van der Waals surface area contributed by atoms with Crippen molar-refractivity contribution in [2.45, 2.75) is 6.92 Å². The maximum absolute atomic E-state index is 11.6. The predicted octanol–water partition coefficient (Wildman–Crippen LogP) is 2.30. The summed E-state index contributed by atoms with van der Waals surface area (Å²) in [6.07, 6.45) is 0.0761. The number of hydrazine groups is 1. The van der Waals surface area contributed by atoms with E-state index in [-0.39, 0.29) is 28.0 Å². The predicted molar refractivity (Wildman–Crippen MR) is 83.7 cm³/mol. The SMILES string of the molecule is CCOC(=O)NC(=O)/C(C#N)=C/NNc1cc(Cl)c(O)c(Cl)c1. The van der Waals surface area contributed by atoms with Gasteiger partial charge in [0.15, 0.2) is 5.75 Å². The van der Waals surface area contributed by atoms with E-state index >= 15 is 0 Å². The van der Waals surface area contributed by atoms with E-state index in [1.807, 2.05) is 5.32 Å². The number of rotatable bonds is 5. The second-order valence-electron chi connectivity index (χ2n) is 3.90. The molecule has 0 unspecified atom stereocenters. The first-order valence-electron chi connectivity index (χ1n) is 6.17. The number of hydrogen-bond donors (Lipinski definition) is 4. The molecule has 0 heterocycles. The van der Waals surface area contributed by atoms with Crippen LogP contribution in [0, 0.1) is 11.3 Å². The van der Waals surface area contributed by atoms with Gasteiger partial charge in [-0.2, -0.15) is 5.26 Å². The Hall–Kier alpha value is -2.63. The highest BCUT2D eigenvalue weighted by atomic mass is 35.5. The van der Waals surface area contributed by atoms with Gasteiger partial charge in [0.2, 0.25) is 0 Å². The Morgan fingerprint density at radius 1 is 1.39 bits per heavy atom. The molecular weight excluding hydrogens is 347 g/mol. The van der Waals surface area contributed by atoms with Gasteiger partial charge in [-0.3, -0.25) is 10.1 Å². The van der Waals surface area contributed by atoms with Crippen LogP contribution >= 0.6 is 23.2 Å². The van der Waals surface area contributed by atoms with E-state index in [2.05, 4.69) is 15.6 Å². The molecule has 23 heavy (non-hydrogen) atoms. The normalized spacial score (nSPS) is 10.4. The average molecular weight is 359 g/mol. The van der Waals surface area contributed by atoms with Gasteiger partial charge in [-0.15, -0.1) is 0 Å². The Balaban J connectivity index is 2.69. The molecule has 10 heteroatoms. The Kier molecular flexibility index (Phi) is 6.99. The molecule has 122 valence electrons. The summed E-state index contributed by atoms with van der Waals surface area (Å²) in [5, 5.41) is 20.2. The summed E-state index contributed by atoms with van der Waals surface area (Å²) in [7, 11) is 0. The molecule has 0 fully saturated rings. The van der Waals surface area contributed by atoms with Crippen LogP contribution in [0.25, 0.3) is 0 Å². The standard InChI is InChI=1S/C13H12Cl2N4O4/c1-2-23-13(22)18-12(21)7(5-16)6-17-19-8-3-9(14)11(20)10(15)4-8/h3-4,6,17,19-20H,2H2,1H3,(H,18,21,22)/b7-6+. The van der Waals surface area contributed by atoms with Gasteiger partial charge >= 0.3 is 6.09 Å². The number of hydrogen-bond acceptors (Lipinski definition) is 7. The number of imide groups is 1. The van der Waals surface area contributed by atoms with Crippen molar-refractivity contribution in [3.63, 3.8) is 0 Å². The molecule has 0 aromatic heterocycles. The molecule has 0 spiro atoms. The number of phenols is 1. The van der Waals surface area contributed by atoms with Gasteiger partial charge < -0.3 is 20.7 Å². The second-order valence-corrected chi connectivity index (χ2v) is 4.72. The largest absolute Gasteiger partial charge is 0.505 e. The van der Waals surface area contributed by atoms with E-state index in [4.69, 9.17) is 28.5 Å². The fourth-order valence-corrected chi connectivity index (χ4v) is 1.79. The molecule has 0 aliphatic rings. The van der Waals surface area contributed by atoms with E-state index in [0.29, 0.717) is 5.69 Å². The lowest BCUT2D eigenvalue weighted by atomic mass is 10.3. The second kappa shape index (κ2) is 8.73. The molecule has 0 saturated heterocycles. The number of carbonyl (C=O) groups excluding carboxylic acids is 2. The topological polar surface area (TPSA) is 123 Å². The maximum atomic E-state index is 11.6. The van der Waals surface area contributed by atoms with Crippen LogP contribution < -0.4 is 16.2 Å². The van der Waals surface area contributed by atoms with Gasteiger partial charge in [0, 0.05) is 6.20 Å².